The van der Waals surface area contributed by atoms with Crippen molar-refractivity contribution in [1.29, 1.82) is 0 Å². The Morgan fingerprint density at radius 2 is 2.14 bits per heavy atom. The molecule has 1 amide bonds. The van der Waals surface area contributed by atoms with E-state index in [4.69, 9.17) is 15.2 Å². The molecule has 4 fully saturated rings. The van der Waals surface area contributed by atoms with Gasteiger partial charge in [-0.3, -0.25) is 4.90 Å². The lowest BCUT2D eigenvalue weighted by atomic mass is 9.86. The second-order valence-electron chi connectivity index (χ2n) is 9.20. The van der Waals surface area contributed by atoms with Crippen LogP contribution in [0.4, 0.5) is 9.18 Å². The Labute approximate surface area is 170 Å². The summed E-state index contributed by atoms with van der Waals surface area (Å²) in [5, 5.41) is 0. The maximum absolute atomic E-state index is 13.1. The number of aromatic nitrogens is 2. The first-order valence-corrected chi connectivity index (χ1v) is 10.7. The Kier molecular flexibility index (Phi) is 4.74. The van der Waals surface area contributed by atoms with E-state index in [2.05, 4.69) is 9.97 Å². The lowest BCUT2D eigenvalue weighted by Crippen LogP contribution is -2.48. The van der Waals surface area contributed by atoms with Gasteiger partial charge in [-0.1, -0.05) is 6.42 Å². The van der Waals surface area contributed by atoms with E-state index in [1.54, 1.807) is 0 Å². The number of ether oxygens (including phenoxy) is 2. The molecule has 3 aliphatic carbocycles. The molecule has 0 aromatic carbocycles. The van der Waals surface area contributed by atoms with E-state index < -0.39 is 5.82 Å². The zero-order valence-corrected chi connectivity index (χ0v) is 16.8. The van der Waals surface area contributed by atoms with Crippen LogP contribution in [0.25, 0.3) is 0 Å². The molecular formula is C21H29FN4O3. The molecule has 1 saturated heterocycles. The Bertz CT molecular complexity index is 778. The minimum Gasteiger partial charge on any atom is -0.453 e. The number of amides is 1. The summed E-state index contributed by atoms with van der Waals surface area (Å²) >= 11 is 0. The molecule has 1 aromatic rings. The lowest BCUT2D eigenvalue weighted by Gasteiger charge is -2.32. The molecule has 0 radical (unpaired) electrons. The Morgan fingerprint density at radius 1 is 1.34 bits per heavy atom. The van der Waals surface area contributed by atoms with Crippen LogP contribution in [0.2, 0.25) is 0 Å². The first-order valence-electron chi connectivity index (χ1n) is 10.7. The minimum atomic E-state index is -0.396. The van der Waals surface area contributed by atoms with E-state index in [9.17, 15) is 9.18 Å². The summed E-state index contributed by atoms with van der Waals surface area (Å²) in [6.45, 7) is 0.459. The molecule has 3 saturated carbocycles. The average Bonchev–Trinajstić information content (AvgIpc) is 3.15. The number of halogens is 1. The number of methoxy groups -OCH3 is 1. The van der Waals surface area contributed by atoms with Crippen molar-refractivity contribution < 1.29 is 18.7 Å². The van der Waals surface area contributed by atoms with Crippen molar-refractivity contribution >= 4 is 6.09 Å². The van der Waals surface area contributed by atoms with Gasteiger partial charge in [0.1, 0.15) is 5.82 Å². The number of hydrogen-bond donors (Lipinski definition) is 1. The molecule has 1 aliphatic heterocycles. The van der Waals surface area contributed by atoms with E-state index in [1.807, 2.05) is 4.90 Å². The number of fused-ring (bicyclic) bond motifs is 2. The number of nitrogens with two attached hydrogens (primary N) is 1. The molecule has 2 N–H and O–H groups in total. The van der Waals surface area contributed by atoms with Crippen LogP contribution in [0, 0.1) is 17.7 Å². The normalized spacial score (nSPS) is 40.4. The van der Waals surface area contributed by atoms with Gasteiger partial charge in [0, 0.05) is 17.5 Å². The van der Waals surface area contributed by atoms with E-state index in [-0.39, 0.29) is 35.7 Å². The van der Waals surface area contributed by atoms with Crippen molar-refractivity contribution in [2.45, 2.75) is 74.6 Å². The molecule has 2 heterocycles. The van der Waals surface area contributed by atoms with Gasteiger partial charge in [-0.05, 0) is 50.4 Å². The first kappa shape index (κ1) is 19.2. The molecule has 7 nitrogen and oxygen atoms in total. The summed E-state index contributed by atoms with van der Waals surface area (Å²) in [4.78, 5) is 22.7. The monoisotopic (exact) mass is 404 g/mol. The van der Waals surface area contributed by atoms with Gasteiger partial charge in [0.15, 0.2) is 5.82 Å². The summed E-state index contributed by atoms with van der Waals surface area (Å²) in [6, 6.07) is 0.00556. The summed E-state index contributed by atoms with van der Waals surface area (Å²) in [6.07, 6.45) is 9.43. The van der Waals surface area contributed by atoms with Gasteiger partial charge in [-0.2, -0.15) is 0 Å². The zero-order chi connectivity index (χ0) is 20.2. The predicted octanol–water partition coefficient (Wildman–Crippen LogP) is 2.39. The third-order valence-corrected chi connectivity index (χ3v) is 7.83. The van der Waals surface area contributed by atoms with Gasteiger partial charge >= 0.3 is 6.09 Å². The SMILES string of the molecule is COC(=O)N1[C@@H]2CCC[C@@H]2[C@H](N)[C@@H]1COC1CCC2(c3ncc(F)cn3)CC2C1. The maximum atomic E-state index is 13.1. The van der Waals surface area contributed by atoms with Crippen LogP contribution in [0.5, 0.6) is 0 Å². The van der Waals surface area contributed by atoms with Crippen LogP contribution in [0.15, 0.2) is 12.4 Å². The van der Waals surface area contributed by atoms with Gasteiger partial charge in [0.05, 0.1) is 38.3 Å². The Balaban J connectivity index is 1.20. The van der Waals surface area contributed by atoms with Gasteiger partial charge < -0.3 is 15.2 Å². The van der Waals surface area contributed by atoms with Crippen molar-refractivity contribution in [3.63, 3.8) is 0 Å². The highest BCUT2D eigenvalue weighted by atomic mass is 19.1. The number of carbonyl (C=O) groups excluding carboxylic acids is 1. The van der Waals surface area contributed by atoms with Crippen molar-refractivity contribution in [1.82, 2.24) is 14.9 Å². The first-order chi connectivity index (χ1) is 14.0. The molecule has 7 atom stereocenters. The number of rotatable bonds is 4. The fraction of sp³-hybridized carbons (Fsp3) is 0.762. The fourth-order valence-corrected chi connectivity index (χ4v) is 6.24. The van der Waals surface area contributed by atoms with Crippen molar-refractivity contribution in [3.8, 4) is 0 Å². The summed E-state index contributed by atoms with van der Waals surface area (Å²) < 4.78 is 24.5. The van der Waals surface area contributed by atoms with Crippen molar-refractivity contribution in [2.24, 2.45) is 17.6 Å². The van der Waals surface area contributed by atoms with Crippen LogP contribution in [0.3, 0.4) is 0 Å². The number of likely N-dealkylation sites (tertiary alicyclic amines) is 1. The highest BCUT2D eigenvalue weighted by Crippen LogP contribution is 2.61. The third-order valence-electron chi connectivity index (χ3n) is 7.83. The molecule has 5 rings (SSSR count). The smallest absolute Gasteiger partial charge is 0.410 e. The van der Waals surface area contributed by atoms with E-state index in [1.165, 1.54) is 19.5 Å². The average molecular weight is 404 g/mol. The van der Waals surface area contributed by atoms with Crippen LogP contribution in [-0.4, -0.2) is 58.9 Å². The summed E-state index contributed by atoms with van der Waals surface area (Å²) in [7, 11) is 1.43. The molecule has 1 aromatic heterocycles. The number of carbonyl (C=O) groups is 1. The van der Waals surface area contributed by atoms with Gasteiger partial charge in [-0.15, -0.1) is 0 Å². The van der Waals surface area contributed by atoms with E-state index in [0.717, 1.165) is 50.8 Å². The maximum Gasteiger partial charge on any atom is 0.410 e. The lowest BCUT2D eigenvalue weighted by molar-refractivity contribution is -0.0107. The van der Waals surface area contributed by atoms with Crippen molar-refractivity contribution in [3.05, 3.63) is 24.0 Å². The molecule has 0 bridgehead atoms. The fourth-order valence-electron chi connectivity index (χ4n) is 6.24. The standard InChI is InChI=1S/C21H29FN4O3/c1-28-20(27)26-16-4-2-3-15(16)18(23)17(26)11-29-14-5-6-21(8-12(21)7-14)19-24-9-13(22)10-25-19/h9-10,12,14-18H,2-8,11,23H2,1H3/t12?,14?,15-,16+,17-,18-,21?/m0/s1. The van der Waals surface area contributed by atoms with Gasteiger partial charge in [0.25, 0.3) is 0 Å². The summed E-state index contributed by atoms with van der Waals surface area (Å²) in [5.74, 6) is 1.21. The topological polar surface area (TPSA) is 90.6 Å². The highest BCUT2D eigenvalue weighted by molar-refractivity contribution is 5.69. The van der Waals surface area contributed by atoms with Crippen molar-refractivity contribution in [2.75, 3.05) is 13.7 Å². The zero-order valence-electron chi connectivity index (χ0n) is 16.8. The second kappa shape index (κ2) is 7.16. The largest absolute Gasteiger partial charge is 0.453 e. The third kappa shape index (κ3) is 3.11. The van der Waals surface area contributed by atoms with Crippen LogP contribution in [-0.2, 0) is 14.9 Å². The van der Waals surface area contributed by atoms with E-state index in [0.29, 0.717) is 18.4 Å². The second-order valence-corrected chi connectivity index (χ2v) is 9.20. The Morgan fingerprint density at radius 3 is 2.86 bits per heavy atom. The molecule has 158 valence electrons. The summed E-state index contributed by atoms with van der Waals surface area (Å²) in [5.41, 5.74) is 6.54. The minimum absolute atomic E-state index is 0.00635. The van der Waals surface area contributed by atoms with E-state index >= 15 is 0 Å². The molecule has 4 aliphatic rings. The van der Waals surface area contributed by atoms with Crippen LogP contribution in [0.1, 0.15) is 50.8 Å². The molecule has 3 unspecified atom stereocenters. The van der Waals surface area contributed by atoms with Crippen LogP contribution < -0.4 is 5.73 Å². The van der Waals surface area contributed by atoms with Gasteiger partial charge in [0.2, 0.25) is 0 Å². The number of nitrogens with zero attached hydrogens (tertiary/aromatic N) is 3. The Hall–Kier alpha value is -1.80. The predicted molar refractivity (Wildman–Crippen MR) is 103 cm³/mol. The van der Waals surface area contributed by atoms with Crippen LogP contribution >= 0.6 is 0 Å². The molecular weight excluding hydrogens is 375 g/mol. The molecule has 0 spiro atoms. The quantitative estimate of drug-likeness (QED) is 0.829. The van der Waals surface area contributed by atoms with Gasteiger partial charge in [-0.25, -0.2) is 19.2 Å². The highest BCUT2D eigenvalue weighted by Gasteiger charge is 2.60. The molecule has 8 heteroatoms. The molecule has 29 heavy (non-hydrogen) atoms. The number of hydrogen-bond acceptors (Lipinski definition) is 6.